The molecular formula is C21H24N4OS. The van der Waals surface area contributed by atoms with E-state index in [1.54, 1.807) is 11.3 Å². The van der Waals surface area contributed by atoms with Gasteiger partial charge in [0, 0.05) is 41.0 Å². The lowest BCUT2D eigenvalue weighted by atomic mass is 10.2. The van der Waals surface area contributed by atoms with E-state index >= 15 is 0 Å². The van der Waals surface area contributed by atoms with Crippen molar-refractivity contribution in [3.05, 3.63) is 58.7 Å². The van der Waals surface area contributed by atoms with Crippen LogP contribution < -0.4 is 5.43 Å². The van der Waals surface area contributed by atoms with E-state index in [9.17, 15) is 0 Å². The molecule has 3 heterocycles. The average Bonchev–Trinajstić information content (AvgIpc) is 3.41. The van der Waals surface area contributed by atoms with Crippen molar-refractivity contribution >= 4 is 22.7 Å². The summed E-state index contributed by atoms with van der Waals surface area (Å²) in [4.78, 5) is 4.60. The molecule has 0 amide bonds. The largest absolute Gasteiger partial charge is 0.376 e. The van der Waals surface area contributed by atoms with Crippen LogP contribution in [0.15, 0.2) is 46.9 Å². The third kappa shape index (κ3) is 4.12. The number of benzene rings is 1. The number of hydrazone groups is 1. The summed E-state index contributed by atoms with van der Waals surface area (Å²) in [6, 6.07) is 12.3. The van der Waals surface area contributed by atoms with E-state index in [0.29, 0.717) is 6.10 Å². The first kappa shape index (κ1) is 17.9. The minimum Gasteiger partial charge on any atom is -0.376 e. The van der Waals surface area contributed by atoms with Gasteiger partial charge in [-0.2, -0.15) is 5.10 Å². The lowest BCUT2D eigenvalue weighted by Crippen LogP contribution is -2.16. The molecular weight excluding hydrogens is 356 g/mol. The molecule has 0 unspecified atom stereocenters. The van der Waals surface area contributed by atoms with Crippen LogP contribution in [-0.2, 0) is 11.3 Å². The molecule has 0 spiro atoms. The van der Waals surface area contributed by atoms with Crippen LogP contribution in [0.3, 0.4) is 0 Å². The van der Waals surface area contributed by atoms with E-state index < -0.39 is 0 Å². The van der Waals surface area contributed by atoms with Crippen molar-refractivity contribution in [1.82, 2.24) is 9.55 Å². The lowest BCUT2D eigenvalue weighted by molar-refractivity contribution is 0.0962. The second kappa shape index (κ2) is 8.06. The third-order valence-electron chi connectivity index (χ3n) is 4.96. The molecule has 5 nitrogen and oxygen atoms in total. The molecule has 3 aromatic rings. The summed E-state index contributed by atoms with van der Waals surface area (Å²) in [7, 11) is 0. The van der Waals surface area contributed by atoms with Gasteiger partial charge in [-0.15, -0.1) is 11.3 Å². The van der Waals surface area contributed by atoms with Crippen LogP contribution in [-0.4, -0.2) is 28.5 Å². The molecule has 4 rings (SSSR count). The summed E-state index contributed by atoms with van der Waals surface area (Å²) >= 11 is 1.56. The molecule has 0 saturated carbocycles. The molecule has 1 aliphatic rings. The Hall–Kier alpha value is -2.44. The molecule has 2 aromatic heterocycles. The average molecular weight is 381 g/mol. The molecule has 0 radical (unpaired) electrons. The van der Waals surface area contributed by atoms with Gasteiger partial charge in [0.05, 0.1) is 18.0 Å². The number of anilines is 1. The van der Waals surface area contributed by atoms with Gasteiger partial charge in [-0.05, 0) is 32.8 Å². The maximum atomic E-state index is 5.78. The van der Waals surface area contributed by atoms with Crippen molar-refractivity contribution in [2.45, 2.75) is 39.3 Å². The summed E-state index contributed by atoms with van der Waals surface area (Å²) in [5.74, 6) is 0. The van der Waals surface area contributed by atoms with Crippen LogP contribution in [0.25, 0.3) is 11.3 Å². The highest BCUT2D eigenvalue weighted by molar-refractivity contribution is 7.14. The Morgan fingerprint density at radius 3 is 2.96 bits per heavy atom. The first-order chi connectivity index (χ1) is 13.2. The molecule has 140 valence electrons. The number of ether oxygens (including phenoxy) is 1. The summed E-state index contributed by atoms with van der Waals surface area (Å²) in [6.45, 7) is 6.09. The fraction of sp³-hybridized carbons (Fsp3) is 0.333. The Balaban J connectivity index is 1.42. The summed E-state index contributed by atoms with van der Waals surface area (Å²) in [6.07, 6.45) is 4.53. The number of nitrogens with one attached hydrogen (secondary N) is 1. The Kier molecular flexibility index (Phi) is 5.36. The number of nitrogens with zero attached hydrogens (tertiary/aromatic N) is 3. The monoisotopic (exact) mass is 380 g/mol. The minimum atomic E-state index is 0.337. The van der Waals surface area contributed by atoms with E-state index in [1.165, 1.54) is 17.8 Å². The molecule has 0 aliphatic carbocycles. The molecule has 1 N–H and O–H groups in total. The molecule has 1 aliphatic heterocycles. The first-order valence-corrected chi connectivity index (χ1v) is 10.2. The van der Waals surface area contributed by atoms with Crippen molar-refractivity contribution in [2.24, 2.45) is 5.10 Å². The van der Waals surface area contributed by atoms with Crippen molar-refractivity contribution in [1.29, 1.82) is 0 Å². The fourth-order valence-electron chi connectivity index (χ4n) is 3.45. The zero-order valence-electron chi connectivity index (χ0n) is 15.7. The molecule has 1 atom stereocenters. The van der Waals surface area contributed by atoms with Crippen LogP contribution in [0.5, 0.6) is 0 Å². The second-order valence-electron chi connectivity index (χ2n) is 6.85. The Bertz CT molecular complexity index is 923. The van der Waals surface area contributed by atoms with Crippen LogP contribution >= 0.6 is 11.3 Å². The van der Waals surface area contributed by atoms with Gasteiger partial charge >= 0.3 is 0 Å². The summed E-state index contributed by atoms with van der Waals surface area (Å²) < 4.78 is 8.11. The summed E-state index contributed by atoms with van der Waals surface area (Å²) in [5, 5.41) is 7.23. The Morgan fingerprint density at radius 1 is 1.33 bits per heavy atom. The predicted octanol–water partition coefficient (Wildman–Crippen LogP) is 4.85. The number of aryl methyl sites for hydroxylation is 1. The van der Waals surface area contributed by atoms with E-state index in [2.05, 4.69) is 52.1 Å². The zero-order valence-corrected chi connectivity index (χ0v) is 16.5. The highest BCUT2D eigenvalue weighted by atomic mass is 32.1. The fourth-order valence-corrected chi connectivity index (χ4v) is 4.12. The highest BCUT2D eigenvalue weighted by Gasteiger charge is 2.18. The molecule has 1 aromatic carbocycles. The van der Waals surface area contributed by atoms with Gasteiger partial charge in [0.25, 0.3) is 0 Å². The first-order valence-electron chi connectivity index (χ1n) is 9.29. The molecule has 27 heavy (non-hydrogen) atoms. The molecule has 0 bridgehead atoms. The standard InChI is InChI=1S/C21H24N4OS/c1-15-11-18(16(2)25(15)13-19-9-6-10-26-19)12-22-24-21-23-20(14-27-21)17-7-4-3-5-8-17/h3-5,7-8,11-12,14,19H,6,9-10,13H2,1-2H3,(H,23,24)/b22-12-/t19-/m0/s1. The predicted molar refractivity (Wildman–Crippen MR) is 112 cm³/mol. The van der Waals surface area contributed by atoms with Gasteiger partial charge in [0.15, 0.2) is 0 Å². The third-order valence-corrected chi connectivity index (χ3v) is 5.71. The smallest absolute Gasteiger partial charge is 0.203 e. The van der Waals surface area contributed by atoms with Crippen LogP contribution in [0.1, 0.15) is 29.8 Å². The van der Waals surface area contributed by atoms with Crippen LogP contribution in [0.2, 0.25) is 0 Å². The number of hydrogen-bond donors (Lipinski definition) is 1. The van der Waals surface area contributed by atoms with Crippen LogP contribution in [0, 0.1) is 13.8 Å². The Morgan fingerprint density at radius 2 is 2.19 bits per heavy atom. The number of hydrogen-bond acceptors (Lipinski definition) is 5. The van der Waals surface area contributed by atoms with Gasteiger partial charge in [0.1, 0.15) is 0 Å². The van der Waals surface area contributed by atoms with Gasteiger partial charge < -0.3 is 9.30 Å². The van der Waals surface area contributed by atoms with Crippen LogP contribution in [0.4, 0.5) is 5.13 Å². The molecule has 1 saturated heterocycles. The quantitative estimate of drug-likeness (QED) is 0.491. The highest BCUT2D eigenvalue weighted by Crippen LogP contribution is 2.24. The van der Waals surface area contributed by atoms with Crippen molar-refractivity contribution in [3.8, 4) is 11.3 Å². The van der Waals surface area contributed by atoms with Gasteiger partial charge in [-0.25, -0.2) is 4.98 Å². The van der Waals surface area contributed by atoms with E-state index in [1.807, 2.05) is 29.8 Å². The van der Waals surface area contributed by atoms with E-state index in [-0.39, 0.29) is 0 Å². The lowest BCUT2D eigenvalue weighted by Gasteiger charge is -2.14. The van der Waals surface area contributed by atoms with Gasteiger partial charge in [-0.3, -0.25) is 5.43 Å². The van der Waals surface area contributed by atoms with Gasteiger partial charge in [0.2, 0.25) is 5.13 Å². The van der Waals surface area contributed by atoms with Crippen molar-refractivity contribution in [3.63, 3.8) is 0 Å². The maximum Gasteiger partial charge on any atom is 0.203 e. The normalized spacial score (nSPS) is 17.0. The summed E-state index contributed by atoms with van der Waals surface area (Å²) in [5.41, 5.74) is 8.72. The van der Waals surface area contributed by atoms with Crippen molar-refractivity contribution in [2.75, 3.05) is 12.0 Å². The number of rotatable bonds is 6. The SMILES string of the molecule is Cc1cc(/C=N\Nc2nc(-c3ccccc3)cs2)c(C)n1C[C@@H]1CCCO1. The number of aromatic nitrogens is 2. The van der Waals surface area contributed by atoms with Gasteiger partial charge in [-0.1, -0.05) is 30.3 Å². The van der Waals surface area contributed by atoms with Crippen molar-refractivity contribution < 1.29 is 4.74 Å². The zero-order chi connectivity index (χ0) is 18.6. The van der Waals surface area contributed by atoms with E-state index in [4.69, 9.17) is 4.74 Å². The minimum absolute atomic E-state index is 0.337. The topological polar surface area (TPSA) is 51.4 Å². The maximum absolute atomic E-state index is 5.78. The molecule has 6 heteroatoms. The number of thiazole rings is 1. The molecule has 1 fully saturated rings. The second-order valence-corrected chi connectivity index (χ2v) is 7.70. The Labute approximate surface area is 163 Å². The van der Waals surface area contributed by atoms with E-state index in [0.717, 1.165) is 41.5 Å².